The highest BCUT2D eigenvalue weighted by Crippen LogP contribution is 2.27. The molecule has 0 aliphatic carbocycles. The number of carbonyl (C=O) groups excluding carboxylic acids is 1. The van der Waals surface area contributed by atoms with Crippen LogP contribution in [0.1, 0.15) is 5.56 Å². The number of carbonyl (C=O) groups is 1. The minimum atomic E-state index is -0.129. The summed E-state index contributed by atoms with van der Waals surface area (Å²) in [6.07, 6.45) is 1.89. The Hall–Kier alpha value is -1.37. The topological polar surface area (TPSA) is 52.6 Å². The van der Waals surface area contributed by atoms with Crippen LogP contribution in [0.4, 0.5) is 10.5 Å². The Morgan fingerprint density at radius 2 is 2.11 bits per heavy atom. The Labute approximate surface area is 121 Å². The van der Waals surface area contributed by atoms with E-state index in [2.05, 4.69) is 5.32 Å². The van der Waals surface area contributed by atoms with E-state index in [4.69, 9.17) is 17.3 Å². The van der Waals surface area contributed by atoms with E-state index >= 15 is 0 Å². The summed E-state index contributed by atoms with van der Waals surface area (Å²) < 4.78 is 0. The van der Waals surface area contributed by atoms with Crippen LogP contribution in [0.2, 0.25) is 0 Å². The number of hydrogen-bond donors (Lipinski definition) is 2. The van der Waals surface area contributed by atoms with Gasteiger partial charge in [-0.05, 0) is 35.5 Å². The highest BCUT2D eigenvalue weighted by atomic mass is 32.2. The van der Waals surface area contributed by atoms with Gasteiger partial charge in [-0.15, -0.1) is 0 Å². The van der Waals surface area contributed by atoms with Crippen molar-refractivity contribution in [2.45, 2.75) is 0 Å². The molecule has 4 nitrogen and oxygen atoms in total. The van der Waals surface area contributed by atoms with Gasteiger partial charge >= 0.3 is 0 Å². The average Bonchev–Trinajstić information content (AvgIpc) is 2.69. The number of likely N-dealkylation sites (N-methyl/N-ethyl adjacent to an activating group) is 1. The average molecular weight is 294 g/mol. The van der Waals surface area contributed by atoms with E-state index in [0.717, 1.165) is 27.9 Å². The van der Waals surface area contributed by atoms with E-state index in [0.29, 0.717) is 11.5 Å². The van der Waals surface area contributed by atoms with E-state index in [1.54, 1.807) is 0 Å². The number of thioether (sulfide) groups is 1. The monoisotopic (exact) mass is 294 g/mol. The molecule has 0 atom stereocenters. The Morgan fingerprint density at radius 1 is 1.42 bits per heavy atom. The molecule has 1 aromatic carbocycles. The maximum absolute atomic E-state index is 11.2. The fourth-order valence-corrected chi connectivity index (χ4v) is 2.71. The highest BCUT2D eigenvalue weighted by molar-refractivity contribution is 8.19. The zero-order valence-electron chi connectivity index (χ0n) is 10.4. The molecule has 1 saturated heterocycles. The molecule has 0 saturated carbocycles. The third-order valence-electron chi connectivity index (χ3n) is 2.71. The molecule has 1 heterocycles. The smallest absolute Gasteiger partial charge is 0.289 e. The first kappa shape index (κ1) is 14.0. The van der Waals surface area contributed by atoms with Gasteiger partial charge in [0.1, 0.15) is 4.99 Å². The van der Waals surface area contributed by atoms with Gasteiger partial charge in [-0.2, -0.15) is 0 Å². The maximum Gasteiger partial charge on any atom is 0.289 e. The van der Waals surface area contributed by atoms with Gasteiger partial charge in [0.2, 0.25) is 0 Å². The van der Waals surface area contributed by atoms with Crippen LogP contribution >= 0.6 is 24.0 Å². The first-order valence-electron chi connectivity index (χ1n) is 5.77. The molecule has 1 aliphatic heterocycles. The lowest BCUT2D eigenvalue weighted by Crippen LogP contribution is -2.20. The molecule has 1 aliphatic rings. The molecule has 0 bridgehead atoms. The minimum Gasteiger partial charge on any atom is -0.395 e. The number of aliphatic hydroxyl groups excluding tert-OH is 1. The molecule has 0 aromatic heterocycles. The summed E-state index contributed by atoms with van der Waals surface area (Å²) in [4.78, 5) is 14.4. The van der Waals surface area contributed by atoms with Crippen molar-refractivity contribution in [3.05, 3.63) is 34.7 Å². The van der Waals surface area contributed by atoms with Gasteiger partial charge in [0.15, 0.2) is 0 Å². The third kappa shape index (κ3) is 3.56. The Kier molecular flexibility index (Phi) is 4.57. The number of aliphatic hydroxyl groups is 1. The molecule has 6 heteroatoms. The lowest BCUT2D eigenvalue weighted by molar-refractivity contribution is 0.265. The molecule has 1 aromatic rings. The summed E-state index contributed by atoms with van der Waals surface area (Å²) in [6, 6.07) is 7.87. The van der Waals surface area contributed by atoms with Gasteiger partial charge in [0.25, 0.3) is 5.24 Å². The fraction of sp³-hybridized carbons (Fsp3) is 0.231. The second-order valence-corrected chi connectivity index (χ2v) is 5.51. The molecule has 0 radical (unpaired) electrons. The summed E-state index contributed by atoms with van der Waals surface area (Å²) in [6.45, 7) is 0.722. The number of thiocarbonyl (C=S) groups is 1. The standard InChI is InChI=1S/C13H14N2O2S2/c1-15(6-7-16)10-4-2-9(3-5-10)8-11-12(18)14-13(17)19-11/h2-5,8,16H,6-7H2,1H3,(H,14,17,18)/b11-8-. The van der Waals surface area contributed by atoms with Crippen LogP contribution in [0.3, 0.4) is 0 Å². The summed E-state index contributed by atoms with van der Waals surface area (Å²) in [5, 5.41) is 11.3. The number of nitrogens with zero attached hydrogens (tertiary/aromatic N) is 1. The van der Waals surface area contributed by atoms with Crippen molar-refractivity contribution in [3.63, 3.8) is 0 Å². The quantitative estimate of drug-likeness (QED) is 0.659. The van der Waals surface area contributed by atoms with Crippen LogP contribution in [-0.4, -0.2) is 35.5 Å². The summed E-state index contributed by atoms with van der Waals surface area (Å²) in [5.74, 6) is 0. The zero-order valence-corrected chi connectivity index (χ0v) is 12.1. The first-order valence-corrected chi connectivity index (χ1v) is 6.99. The number of benzene rings is 1. The van der Waals surface area contributed by atoms with Gasteiger partial charge in [0.05, 0.1) is 11.5 Å². The largest absolute Gasteiger partial charge is 0.395 e. The van der Waals surface area contributed by atoms with E-state index in [9.17, 15) is 4.79 Å². The van der Waals surface area contributed by atoms with Crippen molar-refractivity contribution >= 4 is 46.0 Å². The molecule has 1 fully saturated rings. The summed E-state index contributed by atoms with van der Waals surface area (Å²) in [5.41, 5.74) is 2.02. The maximum atomic E-state index is 11.2. The SMILES string of the molecule is CN(CCO)c1ccc(/C=C2\SC(=O)NC2=S)cc1. The van der Waals surface area contributed by atoms with Crippen molar-refractivity contribution in [2.75, 3.05) is 25.1 Å². The van der Waals surface area contributed by atoms with Crippen LogP contribution in [0, 0.1) is 0 Å². The van der Waals surface area contributed by atoms with Gasteiger partial charge in [-0.1, -0.05) is 24.4 Å². The van der Waals surface area contributed by atoms with Crippen molar-refractivity contribution in [3.8, 4) is 0 Å². The van der Waals surface area contributed by atoms with Crippen LogP contribution in [0.5, 0.6) is 0 Å². The van der Waals surface area contributed by atoms with Crippen molar-refractivity contribution in [2.24, 2.45) is 0 Å². The second-order valence-electron chi connectivity index (χ2n) is 4.09. The van der Waals surface area contributed by atoms with Crippen molar-refractivity contribution in [1.29, 1.82) is 0 Å². The lowest BCUT2D eigenvalue weighted by Gasteiger charge is -2.17. The number of amides is 1. The summed E-state index contributed by atoms with van der Waals surface area (Å²) in [7, 11) is 1.92. The molecule has 100 valence electrons. The molecule has 0 unspecified atom stereocenters. The van der Waals surface area contributed by atoms with Gasteiger partial charge in [-0.3, -0.25) is 4.79 Å². The predicted octanol–water partition coefficient (Wildman–Crippen LogP) is 2.24. The number of hydrogen-bond acceptors (Lipinski definition) is 5. The number of nitrogens with one attached hydrogen (secondary N) is 1. The van der Waals surface area contributed by atoms with Crippen LogP contribution in [0.15, 0.2) is 29.2 Å². The van der Waals surface area contributed by atoms with E-state index in [1.807, 2.05) is 42.3 Å². The minimum absolute atomic E-state index is 0.126. The van der Waals surface area contributed by atoms with Crippen LogP contribution in [-0.2, 0) is 0 Å². The third-order valence-corrected chi connectivity index (χ3v) is 3.99. The molecule has 0 spiro atoms. The zero-order chi connectivity index (χ0) is 13.8. The van der Waals surface area contributed by atoms with Crippen LogP contribution < -0.4 is 10.2 Å². The molecule has 2 N–H and O–H groups in total. The van der Waals surface area contributed by atoms with Crippen molar-refractivity contribution in [1.82, 2.24) is 5.32 Å². The number of anilines is 1. The normalized spacial score (nSPS) is 16.8. The molecule has 2 rings (SSSR count). The summed E-state index contributed by atoms with van der Waals surface area (Å²) >= 11 is 6.17. The molecule has 1 amide bonds. The Bertz CT molecular complexity index is 526. The van der Waals surface area contributed by atoms with Gasteiger partial charge < -0.3 is 15.3 Å². The predicted molar refractivity (Wildman–Crippen MR) is 83.5 cm³/mol. The van der Waals surface area contributed by atoms with E-state index < -0.39 is 0 Å². The van der Waals surface area contributed by atoms with Crippen molar-refractivity contribution < 1.29 is 9.90 Å². The van der Waals surface area contributed by atoms with Gasteiger partial charge in [0, 0.05) is 19.3 Å². The lowest BCUT2D eigenvalue weighted by atomic mass is 10.2. The van der Waals surface area contributed by atoms with Crippen LogP contribution in [0.25, 0.3) is 6.08 Å². The fourth-order valence-electron chi connectivity index (χ4n) is 1.68. The second kappa shape index (κ2) is 6.18. The Balaban J connectivity index is 2.13. The van der Waals surface area contributed by atoms with E-state index in [1.165, 1.54) is 0 Å². The van der Waals surface area contributed by atoms with E-state index in [-0.39, 0.29) is 11.8 Å². The first-order chi connectivity index (χ1) is 9.10. The molecule has 19 heavy (non-hydrogen) atoms. The Morgan fingerprint density at radius 3 is 2.63 bits per heavy atom. The molecular weight excluding hydrogens is 280 g/mol. The van der Waals surface area contributed by atoms with Gasteiger partial charge in [-0.25, -0.2) is 0 Å². The molecular formula is C13H14N2O2S2. The highest BCUT2D eigenvalue weighted by Gasteiger charge is 2.21. The number of rotatable bonds is 4.